The first kappa shape index (κ1) is 17.8. The van der Waals surface area contributed by atoms with Crippen LogP contribution in [0.4, 0.5) is 0 Å². The van der Waals surface area contributed by atoms with E-state index in [0.717, 1.165) is 0 Å². The number of hydrogen-bond acceptors (Lipinski definition) is 3. The van der Waals surface area contributed by atoms with Gasteiger partial charge in [-0.05, 0) is 24.5 Å². The quantitative estimate of drug-likeness (QED) is 0.821. The van der Waals surface area contributed by atoms with E-state index in [1.807, 2.05) is 18.2 Å². The number of furan rings is 1. The molecule has 5 heteroatoms. The summed E-state index contributed by atoms with van der Waals surface area (Å²) >= 11 is 0. The molecule has 0 unspecified atom stereocenters. The molecule has 128 valence electrons. The van der Waals surface area contributed by atoms with E-state index in [1.54, 1.807) is 13.0 Å². The molecule has 5 nitrogen and oxygen atoms in total. The van der Waals surface area contributed by atoms with E-state index in [2.05, 4.69) is 36.6 Å². The second-order valence-corrected chi connectivity index (χ2v) is 6.21. The average Bonchev–Trinajstić information content (AvgIpc) is 3.10. The highest BCUT2D eigenvalue weighted by molar-refractivity contribution is 5.97. The predicted molar refractivity (Wildman–Crippen MR) is 92.7 cm³/mol. The topological polar surface area (TPSA) is 71.3 Å². The number of benzene rings is 1. The Morgan fingerprint density at radius 3 is 2.38 bits per heavy atom. The van der Waals surface area contributed by atoms with Crippen molar-refractivity contribution in [1.82, 2.24) is 10.6 Å². The summed E-state index contributed by atoms with van der Waals surface area (Å²) < 4.78 is 4.87. The molecule has 2 amide bonds. The van der Waals surface area contributed by atoms with Crippen LogP contribution >= 0.6 is 0 Å². The van der Waals surface area contributed by atoms with E-state index in [4.69, 9.17) is 4.42 Å². The van der Waals surface area contributed by atoms with Crippen molar-refractivity contribution >= 4 is 11.8 Å². The van der Waals surface area contributed by atoms with Crippen molar-refractivity contribution in [3.63, 3.8) is 0 Å². The van der Waals surface area contributed by atoms with Crippen LogP contribution in [0.1, 0.15) is 42.6 Å². The van der Waals surface area contributed by atoms with Crippen LogP contribution in [0.3, 0.4) is 0 Å². The molecule has 2 atom stereocenters. The maximum absolute atomic E-state index is 12.3. The Kier molecular flexibility index (Phi) is 6.18. The van der Waals surface area contributed by atoms with Crippen LogP contribution in [0.5, 0.6) is 0 Å². The molecular weight excluding hydrogens is 304 g/mol. The van der Waals surface area contributed by atoms with Crippen LogP contribution in [0.2, 0.25) is 0 Å². The number of rotatable bonds is 7. The molecular formula is C19H24N2O3. The van der Waals surface area contributed by atoms with Gasteiger partial charge in [-0.15, -0.1) is 0 Å². The van der Waals surface area contributed by atoms with Crippen LogP contribution in [0.15, 0.2) is 53.3 Å². The lowest BCUT2D eigenvalue weighted by Gasteiger charge is -2.23. The van der Waals surface area contributed by atoms with E-state index in [9.17, 15) is 9.59 Å². The minimum absolute atomic E-state index is 0.201. The lowest BCUT2D eigenvalue weighted by molar-refractivity contribution is -0.122. The average molecular weight is 328 g/mol. The summed E-state index contributed by atoms with van der Waals surface area (Å²) in [6, 6.07) is 11.1. The Morgan fingerprint density at radius 2 is 1.79 bits per heavy atom. The van der Waals surface area contributed by atoms with E-state index in [-0.39, 0.29) is 17.7 Å². The molecule has 1 aromatic carbocycles. The Hall–Kier alpha value is -2.56. The monoisotopic (exact) mass is 328 g/mol. The van der Waals surface area contributed by atoms with Gasteiger partial charge < -0.3 is 15.1 Å². The fourth-order valence-corrected chi connectivity index (χ4v) is 2.54. The predicted octanol–water partition coefficient (Wildman–Crippen LogP) is 2.95. The molecule has 0 saturated heterocycles. The summed E-state index contributed by atoms with van der Waals surface area (Å²) in [6.07, 6.45) is 2.77. The summed E-state index contributed by atoms with van der Waals surface area (Å²) in [6.45, 7) is 6.47. The molecule has 0 bridgehead atoms. The maximum atomic E-state index is 12.3. The van der Waals surface area contributed by atoms with Crippen LogP contribution in [-0.2, 0) is 4.79 Å². The highest BCUT2D eigenvalue weighted by Gasteiger charge is 2.20. The van der Waals surface area contributed by atoms with Crippen molar-refractivity contribution in [2.24, 2.45) is 5.92 Å². The van der Waals surface area contributed by atoms with Gasteiger partial charge in [0.05, 0.1) is 11.8 Å². The standard InChI is InChI=1S/C19H24N2O3/c1-13(2)17(15-7-5-4-6-8-15)11-20-18(22)14(3)21-19(23)16-9-10-24-12-16/h4-10,12-14,17H,11H2,1-3H3,(H,20,22)(H,21,23)/t14-,17+/m0/s1. The Balaban J connectivity index is 1.89. The van der Waals surface area contributed by atoms with Gasteiger partial charge in [0, 0.05) is 12.5 Å². The van der Waals surface area contributed by atoms with Gasteiger partial charge in [-0.3, -0.25) is 9.59 Å². The summed E-state index contributed by atoms with van der Waals surface area (Å²) in [4.78, 5) is 24.2. The van der Waals surface area contributed by atoms with E-state index in [0.29, 0.717) is 18.0 Å². The van der Waals surface area contributed by atoms with Crippen molar-refractivity contribution in [2.75, 3.05) is 6.54 Å². The second kappa shape index (κ2) is 8.34. The summed E-state index contributed by atoms with van der Waals surface area (Å²) in [7, 11) is 0. The lowest BCUT2D eigenvalue weighted by atomic mass is 9.88. The zero-order chi connectivity index (χ0) is 17.5. The molecule has 0 aliphatic carbocycles. The van der Waals surface area contributed by atoms with Crippen molar-refractivity contribution < 1.29 is 14.0 Å². The minimum atomic E-state index is -0.615. The third kappa shape index (κ3) is 4.72. The van der Waals surface area contributed by atoms with Gasteiger partial charge >= 0.3 is 0 Å². The molecule has 0 aliphatic rings. The first-order chi connectivity index (χ1) is 11.5. The molecule has 2 aromatic rings. The Morgan fingerprint density at radius 1 is 1.08 bits per heavy atom. The van der Waals surface area contributed by atoms with Gasteiger partial charge in [-0.1, -0.05) is 44.2 Å². The van der Waals surface area contributed by atoms with Gasteiger partial charge in [0.15, 0.2) is 0 Å². The van der Waals surface area contributed by atoms with Gasteiger partial charge in [-0.25, -0.2) is 0 Å². The number of carbonyl (C=O) groups is 2. The molecule has 0 spiro atoms. The molecule has 24 heavy (non-hydrogen) atoms. The van der Waals surface area contributed by atoms with Crippen molar-refractivity contribution in [3.8, 4) is 0 Å². The fourth-order valence-electron chi connectivity index (χ4n) is 2.54. The molecule has 1 aromatic heterocycles. The largest absolute Gasteiger partial charge is 0.472 e. The number of nitrogens with one attached hydrogen (secondary N) is 2. The van der Waals surface area contributed by atoms with E-state index < -0.39 is 6.04 Å². The zero-order valence-corrected chi connectivity index (χ0v) is 14.3. The van der Waals surface area contributed by atoms with Crippen LogP contribution in [0.25, 0.3) is 0 Å². The van der Waals surface area contributed by atoms with Crippen molar-refractivity contribution in [1.29, 1.82) is 0 Å². The Labute approximate surface area is 142 Å². The molecule has 0 saturated carbocycles. The van der Waals surface area contributed by atoms with Gasteiger partial charge in [-0.2, -0.15) is 0 Å². The van der Waals surface area contributed by atoms with Crippen LogP contribution in [0, 0.1) is 5.92 Å². The first-order valence-corrected chi connectivity index (χ1v) is 8.14. The molecule has 1 heterocycles. The molecule has 2 N–H and O–H groups in total. The second-order valence-electron chi connectivity index (χ2n) is 6.21. The van der Waals surface area contributed by atoms with Crippen LogP contribution in [-0.4, -0.2) is 24.4 Å². The van der Waals surface area contributed by atoms with Crippen molar-refractivity contribution in [2.45, 2.75) is 32.7 Å². The zero-order valence-electron chi connectivity index (χ0n) is 14.3. The maximum Gasteiger partial charge on any atom is 0.255 e. The normalized spacial score (nSPS) is 13.3. The van der Waals surface area contributed by atoms with Crippen molar-refractivity contribution in [3.05, 3.63) is 60.1 Å². The molecule has 0 fully saturated rings. The minimum Gasteiger partial charge on any atom is -0.472 e. The van der Waals surface area contributed by atoms with Crippen LogP contribution < -0.4 is 10.6 Å². The smallest absolute Gasteiger partial charge is 0.255 e. The fraction of sp³-hybridized carbons (Fsp3) is 0.368. The first-order valence-electron chi connectivity index (χ1n) is 8.14. The molecule has 0 radical (unpaired) electrons. The van der Waals surface area contributed by atoms with Gasteiger partial charge in [0.1, 0.15) is 12.3 Å². The van der Waals surface area contributed by atoms with E-state index in [1.165, 1.54) is 18.1 Å². The summed E-state index contributed by atoms with van der Waals surface area (Å²) in [5.74, 6) is 0.0961. The van der Waals surface area contributed by atoms with E-state index >= 15 is 0 Å². The Bertz CT molecular complexity index is 651. The number of carbonyl (C=O) groups excluding carboxylic acids is 2. The molecule has 2 rings (SSSR count). The highest BCUT2D eigenvalue weighted by Crippen LogP contribution is 2.23. The third-order valence-electron chi connectivity index (χ3n) is 4.05. The summed E-state index contributed by atoms with van der Waals surface area (Å²) in [5.41, 5.74) is 1.60. The third-order valence-corrected chi connectivity index (χ3v) is 4.05. The number of amides is 2. The van der Waals surface area contributed by atoms with Gasteiger partial charge in [0.25, 0.3) is 5.91 Å². The summed E-state index contributed by atoms with van der Waals surface area (Å²) in [5, 5.41) is 5.60. The SMILES string of the molecule is CC(C)[C@@H](CNC(=O)[C@H](C)NC(=O)c1ccoc1)c1ccccc1. The van der Waals surface area contributed by atoms with Gasteiger partial charge in [0.2, 0.25) is 5.91 Å². The highest BCUT2D eigenvalue weighted by atomic mass is 16.3. The lowest BCUT2D eigenvalue weighted by Crippen LogP contribution is -2.46. The number of hydrogen-bond donors (Lipinski definition) is 2. The molecule has 0 aliphatic heterocycles.